The number of amides is 1. The van der Waals surface area contributed by atoms with Crippen molar-refractivity contribution in [2.24, 2.45) is 0 Å². The molecule has 1 aromatic heterocycles. The fourth-order valence-corrected chi connectivity index (χ4v) is 2.56. The van der Waals surface area contributed by atoms with Crippen LogP contribution in [-0.2, 0) is 16.0 Å². The number of aromatic nitrogens is 1. The fourth-order valence-electron chi connectivity index (χ4n) is 2.56. The van der Waals surface area contributed by atoms with Gasteiger partial charge < -0.3 is 10.1 Å². The molecule has 0 bridgehead atoms. The molecule has 1 amide bonds. The van der Waals surface area contributed by atoms with E-state index < -0.39 is 0 Å². The minimum atomic E-state index is 0.0538. The summed E-state index contributed by atoms with van der Waals surface area (Å²) in [6.45, 7) is 2.62. The van der Waals surface area contributed by atoms with E-state index in [0.29, 0.717) is 13.1 Å². The van der Waals surface area contributed by atoms with Crippen LogP contribution in [0.2, 0.25) is 0 Å². The Morgan fingerprint density at radius 2 is 2.13 bits per heavy atom. The summed E-state index contributed by atoms with van der Waals surface area (Å²) >= 11 is 0. The number of fused-ring (bicyclic) bond motifs is 1. The molecule has 0 aliphatic heterocycles. The Hall–Kier alpha value is -1.98. The molecule has 5 nitrogen and oxygen atoms in total. The first-order valence-electron chi connectivity index (χ1n) is 7.97. The molecule has 2 aromatic rings. The van der Waals surface area contributed by atoms with Crippen molar-refractivity contribution in [1.82, 2.24) is 15.2 Å². The number of hydrogen-bond acceptors (Lipinski definition) is 4. The minimum absolute atomic E-state index is 0.0538. The number of pyridine rings is 1. The van der Waals surface area contributed by atoms with Crippen LogP contribution in [0.15, 0.2) is 36.5 Å². The first kappa shape index (κ1) is 17.4. The van der Waals surface area contributed by atoms with E-state index in [-0.39, 0.29) is 5.91 Å². The van der Waals surface area contributed by atoms with Gasteiger partial charge in [-0.15, -0.1) is 0 Å². The van der Waals surface area contributed by atoms with Gasteiger partial charge in [-0.25, -0.2) is 0 Å². The van der Waals surface area contributed by atoms with Crippen molar-refractivity contribution in [2.45, 2.75) is 12.8 Å². The zero-order valence-corrected chi connectivity index (χ0v) is 13.9. The Bertz CT molecular complexity index is 625. The average molecular weight is 315 g/mol. The fraction of sp³-hybridized carbons (Fsp3) is 0.444. The van der Waals surface area contributed by atoms with Gasteiger partial charge in [-0.3, -0.25) is 14.7 Å². The summed E-state index contributed by atoms with van der Waals surface area (Å²) in [5.74, 6) is 0.0538. The Morgan fingerprint density at radius 1 is 1.30 bits per heavy atom. The summed E-state index contributed by atoms with van der Waals surface area (Å²) in [6, 6.07) is 10.1. The molecule has 0 fully saturated rings. The van der Waals surface area contributed by atoms with Crippen LogP contribution in [0.25, 0.3) is 10.9 Å². The second-order valence-corrected chi connectivity index (χ2v) is 5.68. The van der Waals surface area contributed by atoms with E-state index in [9.17, 15) is 4.79 Å². The molecule has 1 heterocycles. The Balaban J connectivity index is 1.77. The molecule has 0 radical (unpaired) electrons. The number of likely N-dealkylation sites (N-methyl/N-ethyl adjacent to an activating group) is 1. The zero-order chi connectivity index (χ0) is 16.5. The molecular formula is C18H25N3O2. The molecule has 2 rings (SSSR count). The van der Waals surface area contributed by atoms with Gasteiger partial charge in [0.2, 0.25) is 5.91 Å². The predicted molar refractivity (Wildman–Crippen MR) is 92.4 cm³/mol. The molecule has 0 saturated carbocycles. The van der Waals surface area contributed by atoms with Crippen LogP contribution in [-0.4, -0.2) is 56.2 Å². The van der Waals surface area contributed by atoms with Crippen molar-refractivity contribution >= 4 is 16.8 Å². The van der Waals surface area contributed by atoms with Crippen LogP contribution in [0.5, 0.6) is 0 Å². The number of carbonyl (C=O) groups excluding carboxylic acids is 1. The highest BCUT2D eigenvalue weighted by atomic mass is 16.5. The molecule has 0 aliphatic rings. The molecule has 1 aromatic carbocycles. The topological polar surface area (TPSA) is 54.5 Å². The minimum Gasteiger partial charge on any atom is -0.385 e. The summed E-state index contributed by atoms with van der Waals surface area (Å²) in [4.78, 5) is 18.4. The maximum atomic E-state index is 11.9. The van der Waals surface area contributed by atoms with E-state index in [1.165, 1.54) is 0 Å². The maximum Gasteiger partial charge on any atom is 0.234 e. The van der Waals surface area contributed by atoms with Crippen molar-refractivity contribution in [1.29, 1.82) is 0 Å². The Kier molecular flexibility index (Phi) is 6.97. The number of carbonyl (C=O) groups is 1. The van der Waals surface area contributed by atoms with Gasteiger partial charge in [0, 0.05) is 38.4 Å². The highest BCUT2D eigenvalue weighted by Crippen LogP contribution is 2.15. The number of para-hydroxylation sites is 1. The van der Waals surface area contributed by atoms with Crippen LogP contribution in [0.3, 0.4) is 0 Å². The van der Waals surface area contributed by atoms with Gasteiger partial charge in [-0.1, -0.05) is 24.3 Å². The van der Waals surface area contributed by atoms with Crippen molar-refractivity contribution < 1.29 is 9.53 Å². The van der Waals surface area contributed by atoms with E-state index in [0.717, 1.165) is 42.5 Å². The van der Waals surface area contributed by atoms with Gasteiger partial charge in [0.1, 0.15) is 0 Å². The molecule has 0 aliphatic carbocycles. The Morgan fingerprint density at radius 3 is 2.96 bits per heavy atom. The monoisotopic (exact) mass is 315 g/mol. The Labute approximate surface area is 137 Å². The normalized spacial score (nSPS) is 11.1. The van der Waals surface area contributed by atoms with Crippen LogP contribution < -0.4 is 5.32 Å². The third-order valence-electron chi connectivity index (χ3n) is 3.73. The van der Waals surface area contributed by atoms with Gasteiger partial charge in [-0.05, 0) is 31.5 Å². The number of nitrogens with one attached hydrogen (secondary N) is 1. The maximum absolute atomic E-state index is 11.9. The molecule has 1 N–H and O–H groups in total. The van der Waals surface area contributed by atoms with Gasteiger partial charge in [0.05, 0.1) is 12.1 Å². The van der Waals surface area contributed by atoms with Gasteiger partial charge in [0.25, 0.3) is 0 Å². The van der Waals surface area contributed by atoms with Crippen LogP contribution in [0.4, 0.5) is 0 Å². The van der Waals surface area contributed by atoms with Crippen molar-refractivity contribution in [3.8, 4) is 0 Å². The lowest BCUT2D eigenvalue weighted by atomic mass is 10.1. The van der Waals surface area contributed by atoms with Gasteiger partial charge in [-0.2, -0.15) is 0 Å². The number of rotatable bonds is 9. The predicted octanol–water partition coefficient (Wildman–Crippen LogP) is 1.86. The summed E-state index contributed by atoms with van der Waals surface area (Å²) in [5, 5.41) is 4.11. The quantitative estimate of drug-likeness (QED) is 0.718. The van der Waals surface area contributed by atoms with E-state index >= 15 is 0 Å². The number of ether oxygens (including phenoxy) is 1. The first-order chi connectivity index (χ1) is 11.2. The smallest absolute Gasteiger partial charge is 0.234 e. The van der Waals surface area contributed by atoms with Crippen LogP contribution >= 0.6 is 0 Å². The van der Waals surface area contributed by atoms with E-state index in [2.05, 4.69) is 28.5 Å². The number of methoxy groups -OCH3 is 1. The van der Waals surface area contributed by atoms with Gasteiger partial charge in [0.15, 0.2) is 0 Å². The molecule has 0 unspecified atom stereocenters. The molecule has 5 heteroatoms. The van der Waals surface area contributed by atoms with E-state index in [1.54, 1.807) is 13.3 Å². The molecule has 23 heavy (non-hydrogen) atoms. The number of hydrogen-bond donors (Lipinski definition) is 1. The average Bonchev–Trinajstić information content (AvgIpc) is 2.55. The summed E-state index contributed by atoms with van der Waals surface area (Å²) in [6.07, 6.45) is 3.52. The third kappa shape index (κ3) is 5.62. The summed E-state index contributed by atoms with van der Waals surface area (Å²) < 4.78 is 5.01. The summed E-state index contributed by atoms with van der Waals surface area (Å²) in [5.41, 5.74) is 2.18. The molecule has 124 valence electrons. The second-order valence-electron chi connectivity index (χ2n) is 5.68. The van der Waals surface area contributed by atoms with Crippen LogP contribution in [0.1, 0.15) is 12.0 Å². The second kappa shape index (κ2) is 9.22. The zero-order valence-electron chi connectivity index (χ0n) is 13.9. The molecule has 0 atom stereocenters. The highest BCUT2D eigenvalue weighted by Gasteiger charge is 2.07. The number of benzene rings is 1. The third-order valence-corrected chi connectivity index (χ3v) is 3.73. The van der Waals surface area contributed by atoms with Crippen molar-refractivity contribution in [3.05, 3.63) is 42.1 Å². The SMILES string of the molecule is COCCCN(C)CC(=O)NCCc1cccc2cccnc12. The van der Waals surface area contributed by atoms with Crippen molar-refractivity contribution in [3.63, 3.8) is 0 Å². The lowest BCUT2D eigenvalue weighted by Crippen LogP contribution is -2.36. The first-order valence-corrected chi connectivity index (χ1v) is 7.97. The lowest BCUT2D eigenvalue weighted by Gasteiger charge is -2.16. The van der Waals surface area contributed by atoms with E-state index in [1.807, 2.05) is 24.1 Å². The van der Waals surface area contributed by atoms with E-state index in [4.69, 9.17) is 4.74 Å². The molecular weight excluding hydrogens is 290 g/mol. The lowest BCUT2D eigenvalue weighted by molar-refractivity contribution is -0.121. The molecule has 0 saturated heterocycles. The number of nitrogens with zero attached hydrogens (tertiary/aromatic N) is 2. The highest BCUT2D eigenvalue weighted by molar-refractivity contribution is 5.81. The molecule has 0 spiro atoms. The summed E-state index contributed by atoms with van der Waals surface area (Å²) in [7, 11) is 3.64. The largest absolute Gasteiger partial charge is 0.385 e. The standard InChI is InChI=1S/C18H25N3O2/c1-21(12-5-13-23-2)14-17(22)19-11-9-16-7-3-6-15-8-4-10-20-18(15)16/h3-4,6-8,10H,5,9,11-14H2,1-2H3,(H,19,22). The van der Waals surface area contributed by atoms with Gasteiger partial charge >= 0.3 is 0 Å². The van der Waals surface area contributed by atoms with Crippen LogP contribution in [0, 0.1) is 0 Å². The van der Waals surface area contributed by atoms with Crippen molar-refractivity contribution in [2.75, 3.05) is 40.4 Å².